The second-order valence-corrected chi connectivity index (χ2v) is 8.35. The predicted octanol–water partition coefficient (Wildman–Crippen LogP) is 7.16. The monoisotopic (exact) mass is 463 g/mol. The van der Waals surface area contributed by atoms with Crippen molar-refractivity contribution in [2.45, 2.75) is 20.1 Å². The molecule has 6 heteroatoms. The van der Waals surface area contributed by atoms with Gasteiger partial charge in [-0.05, 0) is 43.3 Å². The lowest BCUT2D eigenvalue weighted by Gasteiger charge is -2.09. The van der Waals surface area contributed by atoms with Crippen molar-refractivity contribution in [3.8, 4) is 11.5 Å². The van der Waals surface area contributed by atoms with E-state index in [1.54, 1.807) is 30.3 Å². The van der Waals surface area contributed by atoms with Crippen LogP contribution in [-0.4, -0.2) is 10.4 Å². The second kappa shape index (κ2) is 8.38. The van der Waals surface area contributed by atoms with Gasteiger partial charge in [0.25, 0.3) is 0 Å². The fraction of sp³-hybridized carbons (Fsp3) is 0.115. The van der Waals surface area contributed by atoms with E-state index in [4.69, 9.17) is 32.7 Å². The summed E-state index contributed by atoms with van der Waals surface area (Å²) in [5, 5.41) is 2.20. The number of allylic oxidation sites excluding steroid dienone is 1. The van der Waals surface area contributed by atoms with E-state index in [1.807, 2.05) is 36.5 Å². The number of Topliss-reactive ketones (excluding diaryl/α,β-unsaturated/α-hetero) is 1. The molecular formula is C26H19Cl2NO3. The highest BCUT2D eigenvalue weighted by atomic mass is 35.5. The number of carbonyl (C=O) groups excluding carboxylic acids is 1. The molecule has 2 heterocycles. The Labute approximate surface area is 195 Å². The SMILES string of the molecule is CCn1cc(/C=C2\Oc3cc(OCc4ccc(Cl)cc4Cl)ccc3C2=O)c2ccccc21. The molecule has 0 fully saturated rings. The zero-order valence-corrected chi connectivity index (χ0v) is 18.8. The smallest absolute Gasteiger partial charge is 0.231 e. The van der Waals surface area contributed by atoms with Crippen molar-refractivity contribution in [3.63, 3.8) is 0 Å². The first-order valence-corrected chi connectivity index (χ1v) is 11.0. The molecule has 0 saturated heterocycles. The number of aromatic nitrogens is 1. The number of aryl methyl sites for hydroxylation is 1. The van der Waals surface area contributed by atoms with Crippen molar-refractivity contribution in [2.75, 3.05) is 0 Å². The molecular weight excluding hydrogens is 445 g/mol. The molecule has 0 aliphatic carbocycles. The quantitative estimate of drug-likeness (QED) is 0.294. The molecule has 4 nitrogen and oxygen atoms in total. The highest BCUT2D eigenvalue weighted by Gasteiger charge is 2.28. The summed E-state index contributed by atoms with van der Waals surface area (Å²) in [6.07, 6.45) is 3.85. The number of ketones is 1. The first-order valence-electron chi connectivity index (χ1n) is 10.3. The number of ether oxygens (including phenoxy) is 2. The largest absolute Gasteiger partial charge is 0.489 e. The van der Waals surface area contributed by atoms with E-state index in [9.17, 15) is 4.79 Å². The number of para-hydroxylation sites is 1. The molecule has 0 saturated carbocycles. The molecule has 0 bridgehead atoms. The van der Waals surface area contributed by atoms with Gasteiger partial charge >= 0.3 is 0 Å². The van der Waals surface area contributed by atoms with Crippen LogP contribution in [-0.2, 0) is 13.2 Å². The molecule has 1 aromatic heterocycles. The summed E-state index contributed by atoms with van der Waals surface area (Å²) in [7, 11) is 0. The Kier molecular flexibility index (Phi) is 5.41. The number of rotatable bonds is 5. The van der Waals surface area contributed by atoms with Crippen LogP contribution < -0.4 is 9.47 Å². The van der Waals surface area contributed by atoms with E-state index < -0.39 is 0 Å². The van der Waals surface area contributed by atoms with Crippen LogP contribution >= 0.6 is 23.2 Å². The van der Waals surface area contributed by atoms with Gasteiger partial charge in [0.1, 0.15) is 18.1 Å². The molecule has 0 spiro atoms. The van der Waals surface area contributed by atoms with Gasteiger partial charge < -0.3 is 14.0 Å². The summed E-state index contributed by atoms with van der Waals surface area (Å²) in [5.41, 5.74) is 3.42. The number of benzene rings is 3. The van der Waals surface area contributed by atoms with Gasteiger partial charge in [0.05, 0.1) is 5.56 Å². The topological polar surface area (TPSA) is 40.5 Å². The van der Waals surface area contributed by atoms with E-state index in [2.05, 4.69) is 17.6 Å². The third kappa shape index (κ3) is 3.77. The maximum atomic E-state index is 12.9. The maximum absolute atomic E-state index is 12.9. The van der Waals surface area contributed by atoms with Crippen LogP contribution in [0.2, 0.25) is 10.0 Å². The summed E-state index contributed by atoms with van der Waals surface area (Å²) >= 11 is 12.2. The highest BCUT2D eigenvalue weighted by molar-refractivity contribution is 6.35. The summed E-state index contributed by atoms with van der Waals surface area (Å²) in [6.45, 7) is 3.22. The maximum Gasteiger partial charge on any atom is 0.231 e. The molecule has 5 rings (SSSR count). The molecule has 0 atom stereocenters. The molecule has 0 radical (unpaired) electrons. The molecule has 0 amide bonds. The van der Waals surface area contributed by atoms with Crippen LogP contribution in [0.3, 0.4) is 0 Å². The Morgan fingerprint density at radius 2 is 1.91 bits per heavy atom. The van der Waals surface area contributed by atoms with Crippen LogP contribution in [0.5, 0.6) is 11.5 Å². The van der Waals surface area contributed by atoms with Crippen LogP contribution in [0.4, 0.5) is 0 Å². The lowest BCUT2D eigenvalue weighted by molar-refractivity contribution is 0.101. The minimum Gasteiger partial charge on any atom is -0.489 e. The highest BCUT2D eigenvalue weighted by Crippen LogP contribution is 2.36. The standard InChI is InChI=1S/C26H19Cl2NO3/c1-2-29-14-17(20-5-3-4-6-23(20)29)11-25-26(30)21-10-9-19(13-24(21)32-25)31-15-16-7-8-18(27)12-22(16)28/h3-14H,2,15H2,1H3/b25-11-. The molecule has 1 aliphatic heterocycles. The average molecular weight is 464 g/mol. The van der Waals surface area contributed by atoms with Crippen LogP contribution in [0.15, 0.2) is 72.6 Å². The van der Waals surface area contributed by atoms with Crippen LogP contribution in [0, 0.1) is 0 Å². The number of nitrogens with zero attached hydrogens (tertiary/aromatic N) is 1. The van der Waals surface area contributed by atoms with Crippen molar-refractivity contribution >= 4 is 46.0 Å². The van der Waals surface area contributed by atoms with E-state index in [-0.39, 0.29) is 12.4 Å². The molecule has 160 valence electrons. The van der Waals surface area contributed by atoms with E-state index >= 15 is 0 Å². The fourth-order valence-corrected chi connectivity index (χ4v) is 4.31. The molecule has 3 aromatic carbocycles. The molecule has 0 unspecified atom stereocenters. The summed E-state index contributed by atoms with van der Waals surface area (Å²) in [6, 6.07) is 18.6. The van der Waals surface area contributed by atoms with E-state index in [1.165, 1.54) is 0 Å². The Balaban J connectivity index is 1.39. The number of fused-ring (bicyclic) bond motifs is 2. The predicted molar refractivity (Wildman–Crippen MR) is 128 cm³/mol. The van der Waals surface area contributed by atoms with Crippen molar-refractivity contribution in [3.05, 3.63) is 99.4 Å². The van der Waals surface area contributed by atoms with Crippen molar-refractivity contribution < 1.29 is 14.3 Å². The first-order chi connectivity index (χ1) is 15.5. The normalized spacial score (nSPS) is 14.1. The first kappa shape index (κ1) is 20.7. The molecule has 32 heavy (non-hydrogen) atoms. The van der Waals surface area contributed by atoms with Gasteiger partial charge in [-0.3, -0.25) is 4.79 Å². The minimum atomic E-state index is -0.138. The lowest BCUT2D eigenvalue weighted by Crippen LogP contribution is -1.98. The molecule has 4 aromatic rings. The number of carbonyl (C=O) groups is 1. The lowest BCUT2D eigenvalue weighted by atomic mass is 10.1. The van der Waals surface area contributed by atoms with Gasteiger partial charge in [-0.15, -0.1) is 0 Å². The second-order valence-electron chi connectivity index (χ2n) is 7.51. The number of hydrogen-bond donors (Lipinski definition) is 0. The van der Waals surface area contributed by atoms with Crippen LogP contribution in [0.25, 0.3) is 17.0 Å². The third-order valence-electron chi connectivity index (χ3n) is 5.50. The summed E-state index contributed by atoms with van der Waals surface area (Å²) in [5.74, 6) is 1.24. The van der Waals surface area contributed by atoms with Crippen LogP contribution in [0.1, 0.15) is 28.4 Å². The van der Waals surface area contributed by atoms with E-state index in [0.717, 1.165) is 28.6 Å². The summed E-state index contributed by atoms with van der Waals surface area (Å²) in [4.78, 5) is 12.9. The van der Waals surface area contributed by atoms with Gasteiger partial charge in [0.15, 0.2) is 5.76 Å². The Morgan fingerprint density at radius 1 is 1.06 bits per heavy atom. The Morgan fingerprint density at radius 3 is 2.72 bits per heavy atom. The van der Waals surface area contributed by atoms with Gasteiger partial charge in [-0.2, -0.15) is 0 Å². The van der Waals surface area contributed by atoms with Gasteiger partial charge in [0.2, 0.25) is 5.78 Å². The number of halogens is 2. The Hall–Kier alpha value is -3.21. The average Bonchev–Trinajstić information content (AvgIpc) is 3.30. The third-order valence-corrected chi connectivity index (χ3v) is 6.08. The van der Waals surface area contributed by atoms with Gasteiger partial charge in [0, 0.05) is 50.9 Å². The molecule has 0 N–H and O–H groups in total. The van der Waals surface area contributed by atoms with Crippen molar-refractivity contribution in [1.82, 2.24) is 4.57 Å². The van der Waals surface area contributed by atoms with Gasteiger partial charge in [-0.1, -0.05) is 47.5 Å². The number of hydrogen-bond acceptors (Lipinski definition) is 3. The van der Waals surface area contributed by atoms with E-state index in [0.29, 0.717) is 32.9 Å². The molecule has 1 aliphatic rings. The fourth-order valence-electron chi connectivity index (χ4n) is 3.85. The Bertz CT molecular complexity index is 1390. The zero-order valence-electron chi connectivity index (χ0n) is 17.3. The van der Waals surface area contributed by atoms with Crippen molar-refractivity contribution in [1.29, 1.82) is 0 Å². The van der Waals surface area contributed by atoms with Crippen molar-refractivity contribution in [2.24, 2.45) is 0 Å². The zero-order chi connectivity index (χ0) is 22.2. The van der Waals surface area contributed by atoms with Gasteiger partial charge in [-0.25, -0.2) is 0 Å². The summed E-state index contributed by atoms with van der Waals surface area (Å²) < 4.78 is 13.9. The minimum absolute atomic E-state index is 0.138.